The average molecular weight is 234 g/mol. The summed E-state index contributed by atoms with van der Waals surface area (Å²) < 4.78 is 41.1. The minimum absolute atomic E-state index is 0.0179. The molecule has 0 aliphatic heterocycles. The second-order valence-corrected chi connectivity index (χ2v) is 5.83. The highest BCUT2D eigenvalue weighted by Gasteiger charge is 2.06. The lowest BCUT2D eigenvalue weighted by molar-refractivity contribution is 0.563. The van der Waals surface area contributed by atoms with Gasteiger partial charge in [0.05, 0.1) is 10.6 Å². The third kappa shape index (κ3) is 3.21. The van der Waals surface area contributed by atoms with Crippen molar-refractivity contribution < 1.29 is 17.2 Å². The van der Waals surface area contributed by atoms with Crippen LogP contribution in [0.1, 0.15) is 5.56 Å². The van der Waals surface area contributed by atoms with Crippen molar-refractivity contribution in [1.82, 2.24) is 0 Å². The lowest BCUT2D eigenvalue weighted by Crippen LogP contribution is -1.98. The molecule has 1 aromatic carbocycles. The summed E-state index contributed by atoms with van der Waals surface area (Å²) in [6.07, 6.45) is 1.12. The largest absolute Gasteiger partial charge is 0.306 e. The Balaban J connectivity index is 2.95. The molecule has 1 unspecified atom stereocenters. The number of benzene rings is 1. The molecule has 1 aromatic rings. The van der Waals surface area contributed by atoms with Crippen LogP contribution in [-0.4, -0.2) is 23.4 Å². The fraction of sp³-hybridized carbons (Fsp3) is 0.250. The monoisotopic (exact) mass is 234 g/mol. The maximum atomic E-state index is 11.1. The Hall–Kier alpha value is -0.720. The summed E-state index contributed by atoms with van der Waals surface area (Å²) in [7, 11) is -3.19. The highest BCUT2D eigenvalue weighted by molar-refractivity contribution is 7.90. The first kappa shape index (κ1) is 11.4. The normalized spacial score (nSPS) is 13.9. The van der Waals surface area contributed by atoms with E-state index in [1.165, 1.54) is 24.3 Å². The van der Waals surface area contributed by atoms with Crippen LogP contribution in [0.4, 0.5) is 0 Å². The van der Waals surface area contributed by atoms with Crippen LogP contribution < -0.4 is 0 Å². The quantitative estimate of drug-likeness (QED) is 0.786. The van der Waals surface area contributed by atoms with Crippen molar-refractivity contribution in [2.24, 2.45) is 0 Å². The Morgan fingerprint density at radius 1 is 1.29 bits per heavy atom. The maximum Gasteiger partial charge on any atom is 0.175 e. The molecular weight excluding hydrogens is 224 g/mol. The molecular formula is C8H10O4S2. The van der Waals surface area contributed by atoms with Crippen molar-refractivity contribution in [2.75, 3.05) is 6.26 Å². The van der Waals surface area contributed by atoms with Gasteiger partial charge in [-0.25, -0.2) is 12.6 Å². The lowest BCUT2D eigenvalue weighted by Gasteiger charge is -2.00. The predicted octanol–water partition coefficient (Wildman–Crippen LogP) is 0.812. The van der Waals surface area contributed by atoms with Gasteiger partial charge in [0.2, 0.25) is 0 Å². The molecule has 0 bridgehead atoms. The molecule has 0 fully saturated rings. The molecule has 0 spiro atoms. The maximum absolute atomic E-state index is 11.1. The molecule has 0 amide bonds. The third-order valence-corrected chi connectivity index (χ3v) is 3.35. The van der Waals surface area contributed by atoms with E-state index in [1.54, 1.807) is 0 Å². The van der Waals surface area contributed by atoms with E-state index in [2.05, 4.69) is 0 Å². The first-order valence-corrected chi connectivity index (χ1v) is 6.93. The van der Waals surface area contributed by atoms with Gasteiger partial charge in [0.15, 0.2) is 20.9 Å². The second-order valence-electron chi connectivity index (χ2n) is 2.88. The van der Waals surface area contributed by atoms with Crippen LogP contribution in [-0.2, 0) is 26.7 Å². The van der Waals surface area contributed by atoms with Gasteiger partial charge in [0.1, 0.15) is 0 Å². The SMILES string of the molecule is CS(=O)(=O)c1ccc(CS(=O)O)cc1. The number of hydrogen-bond acceptors (Lipinski definition) is 3. The standard InChI is InChI=1S/C8H10O4S2/c1-14(11,12)8-4-2-7(3-5-8)6-13(9)10/h2-5H,6H2,1H3,(H,9,10). The van der Waals surface area contributed by atoms with Crippen molar-refractivity contribution in [2.45, 2.75) is 10.6 Å². The first-order valence-electron chi connectivity index (χ1n) is 3.76. The molecule has 4 nitrogen and oxygen atoms in total. The van der Waals surface area contributed by atoms with Crippen LogP contribution >= 0.6 is 0 Å². The molecule has 0 saturated carbocycles. The van der Waals surface area contributed by atoms with Crippen LogP contribution in [0, 0.1) is 0 Å². The molecule has 78 valence electrons. The zero-order valence-corrected chi connectivity index (χ0v) is 9.14. The first-order chi connectivity index (χ1) is 6.39. The van der Waals surface area contributed by atoms with Crippen molar-refractivity contribution in [1.29, 1.82) is 0 Å². The Morgan fingerprint density at radius 2 is 1.79 bits per heavy atom. The van der Waals surface area contributed by atoms with Crippen LogP contribution in [0.2, 0.25) is 0 Å². The number of hydrogen-bond donors (Lipinski definition) is 1. The van der Waals surface area contributed by atoms with E-state index < -0.39 is 20.9 Å². The van der Waals surface area contributed by atoms with Gasteiger partial charge in [-0.05, 0) is 17.7 Å². The van der Waals surface area contributed by atoms with Crippen molar-refractivity contribution in [3.05, 3.63) is 29.8 Å². The minimum Gasteiger partial charge on any atom is -0.306 e. The van der Waals surface area contributed by atoms with Gasteiger partial charge >= 0.3 is 0 Å². The molecule has 1 atom stereocenters. The highest BCUT2D eigenvalue weighted by Crippen LogP contribution is 2.11. The molecule has 14 heavy (non-hydrogen) atoms. The van der Waals surface area contributed by atoms with Gasteiger partial charge in [-0.1, -0.05) is 12.1 Å². The topological polar surface area (TPSA) is 71.4 Å². The average Bonchev–Trinajstić information content (AvgIpc) is 2.02. The molecule has 0 aromatic heterocycles. The molecule has 0 aliphatic rings. The van der Waals surface area contributed by atoms with Gasteiger partial charge in [-0.15, -0.1) is 0 Å². The summed E-state index contributed by atoms with van der Waals surface area (Å²) in [6.45, 7) is 0. The summed E-state index contributed by atoms with van der Waals surface area (Å²) in [5.74, 6) is 0.0179. The summed E-state index contributed by atoms with van der Waals surface area (Å²) >= 11 is -1.89. The predicted molar refractivity (Wildman–Crippen MR) is 54.0 cm³/mol. The summed E-state index contributed by atoms with van der Waals surface area (Å²) in [5.41, 5.74) is 0.637. The summed E-state index contributed by atoms with van der Waals surface area (Å²) in [5, 5.41) is 0. The fourth-order valence-electron chi connectivity index (χ4n) is 0.975. The molecule has 6 heteroatoms. The molecule has 1 rings (SSSR count). The Labute approximate surface area is 85.2 Å². The van der Waals surface area contributed by atoms with Crippen LogP contribution in [0.5, 0.6) is 0 Å². The van der Waals surface area contributed by atoms with E-state index in [1.807, 2.05) is 0 Å². The van der Waals surface area contributed by atoms with Gasteiger partial charge < -0.3 is 4.55 Å². The molecule has 1 N–H and O–H groups in total. The van der Waals surface area contributed by atoms with Gasteiger partial charge in [-0.2, -0.15) is 0 Å². The Morgan fingerprint density at radius 3 is 2.14 bits per heavy atom. The number of rotatable bonds is 3. The van der Waals surface area contributed by atoms with Gasteiger partial charge in [0.25, 0.3) is 0 Å². The molecule has 0 heterocycles. The highest BCUT2D eigenvalue weighted by atomic mass is 32.2. The van der Waals surface area contributed by atoms with Crippen LogP contribution in [0.15, 0.2) is 29.2 Å². The smallest absolute Gasteiger partial charge is 0.175 e. The zero-order valence-electron chi connectivity index (χ0n) is 7.50. The summed E-state index contributed by atoms with van der Waals surface area (Å²) in [4.78, 5) is 0.213. The summed E-state index contributed by atoms with van der Waals surface area (Å²) in [6, 6.07) is 5.92. The van der Waals surface area contributed by atoms with Crippen LogP contribution in [0.3, 0.4) is 0 Å². The van der Waals surface area contributed by atoms with E-state index in [0.29, 0.717) is 5.56 Å². The second kappa shape index (κ2) is 4.20. The number of sulfone groups is 1. The lowest BCUT2D eigenvalue weighted by atomic mass is 10.2. The van der Waals surface area contributed by atoms with E-state index >= 15 is 0 Å². The van der Waals surface area contributed by atoms with E-state index in [-0.39, 0.29) is 10.6 Å². The van der Waals surface area contributed by atoms with Gasteiger partial charge in [-0.3, -0.25) is 0 Å². The minimum atomic E-state index is -3.19. The Kier molecular flexibility index (Phi) is 3.41. The van der Waals surface area contributed by atoms with Crippen LogP contribution in [0.25, 0.3) is 0 Å². The van der Waals surface area contributed by atoms with E-state index in [9.17, 15) is 12.6 Å². The van der Waals surface area contributed by atoms with Crippen molar-refractivity contribution in [3.8, 4) is 0 Å². The van der Waals surface area contributed by atoms with E-state index in [0.717, 1.165) is 6.26 Å². The van der Waals surface area contributed by atoms with Crippen molar-refractivity contribution >= 4 is 20.9 Å². The van der Waals surface area contributed by atoms with E-state index in [4.69, 9.17) is 4.55 Å². The fourth-order valence-corrected chi connectivity index (χ4v) is 2.08. The molecule has 0 radical (unpaired) electrons. The molecule has 0 saturated heterocycles. The van der Waals surface area contributed by atoms with Crippen molar-refractivity contribution in [3.63, 3.8) is 0 Å². The molecule has 0 aliphatic carbocycles. The van der Waals surface area contributed by atoms with Gasteiger partial charge in [0, 0.05) is 6.26 Å². The zero-order chi connectivity index (χ0) is 10.8. The Bertz CT molecular complexity index is 433. The third-order valence-electron chi connectivity index (χ3n) is 1.64.